The monoisotopic (exact) mass is 289 g/mol. The van der Waals surface area contributed by atoms with E-state index in [1.165, 1.54) is 0 Å². The van der Waals surface area contributed by atoms with Gasteiger partial charge in [-0.25, -0.2) is 8.42 Å². The maximum atomic E-state index is 12.7. The lowest BCUT2D eigenvalue weighted by Crippen LogP contribution is -2.50. The van der Waals surface area contributed by atoms with Crippen LogP contribution < -0.4 is 5.32 Å². The van der Waals surface area contributed by atoms with Crippen LogP contribution in [0.25, 0.3) is 0 Å². The summed E-state index contributed by atoms with van der Waals surface area (Å²) >= 11 is 0. The van der Waals surface area contributed by atoms with E-state index in [9.17, 15) is 8.42 Å². The Morgan fingerprint density at radius 1 is 1.32 bits per heavy atom. The maximum Gasteiger partial charge on any atom is 0.154 e. The van der Waals surface area contributed by atoms with Gasteiger partial charge in [0.05, 0.1) is 11.0 Å². The molecule has 0 spiro atoms. The van der Waals surface area contributed by atoms with Crippen LogP contribution in [0.4, 0.5) is 0 Å². The van der Waals surface area contributed by atoms with Gasteiger partial charge in [-0.05, 0) is 37.1 Å². The van der Waals surface area contributed by atoms with Crippen LogP contribution in [0.3, 0.4) is 0 Å². The lowest BCUT2D eigenvalue weighted by molar-refractivity contribution is 0.210. The normalized spacial score (nSPS) is 29.1. The number of rotatable bonds is 6. The Kier molecular flexibility index (Phi) is 5.87. The van der Waals surface area contributed by atoms with E-state index in [0.717, 1.165) is 32.2 Å². The largest absolute Gasteiger partial charge is 0.313 e. The summed E-state index contributed by atoms with van der Waals surface area (Å²) in [5.74, 6) is 0.601. The Morgan fingerprint density at radius 2 is 1.95 bits per heavy atom. The van der Waals surface area contributed by atoms with Crippen LogP contribution in [0, 0.1) is 11.3 Å². The average molecular weight is 289 g/mol. The molecule has 0 bridgehead atoms. The van der Waals surface area contributed by atoms with Crippen molar-refractivity contribution in [2.24, 2.45) is 11.3 Å². The van der Waals surface area contributed by atoms with Crippen molar-refractivity contribution in [2.75, 3.05) is 12.3 Å². The highest BCUT2D eigenvalue weighted by atomic mass is 32.2. The highest BCUT2D eigenvalue weighted by Gasteiger charge is 2.41. The molecule has 0 aromatic carbocycles. The quantitative estimate of drug-likeness (QED) is 0.817. The van der Waals surface area contributed by atoms with Crippen molar-refractivity contribution in [2.45, 2.75) is 71.6 Å². The predicted octanol–water partition coefficient (Wildman–Crippen LogP) is 3.00. The zero-order valence-corrected chi connectivity index (χ0v) is 14.0. The molecule has 0 heterocycles. The van der Waals surface area contributed by atoms with Crippen LogP contribution in [0.1, 0.15) is 60.3 Å². The summed E-state index contributed by atoms with van der Waals surface area (Å²) in [5, 5.41) is 3.19. The first-order valence-corrected chi connectivity index (χ1v) is 9.38. The van der Waals surface area contributed by atoms with Gasteiger partial charge in [0.15, 0.2) is 9.84 Å². The van der Waals surface area contributed by atoms with Gasteiger partial charge in [0, 0.05) is 6.04 Å². The van der Waals surface area contributed by atoms with Gasteiger partial charge in [-0.1, -0.05) is 41.0 Å². The number of hydrogen-bond donors (Lipinski definition) is 1. The average Bonchev–Trinajstić information content (AvgIpc) is 2.30. The predicted molar refractivity (Wildman–Crippen MR) is 82.1 cm³/mol. The Labute approximate surface area is 119 Å². The van der Waals surface area contributed by atoms with Crippen molar-refractivity contribution in [3.05, 3.63) is 0 Å². The van der Waals surface area contributed by atoms with E-state index in [4.69, 9.17) is 0 Å². The SMILES string of the molecule is CCNC1CCC(C)(C)CC1S(=O)(=O)CC(C)CC. The van der Waals surface area contributed by atoms with Crippen LogP contribution in [-0.4, -0.2) is 32.0 Å². The molecule has 3 atom stereocenters. The first kappa shape index (κ1) is 17.0. The molecule has 1 aliphatic carbocycles. The van der Waals surface area contributed by atoms with Crippen LogP contribution in [0.2, 0.25) is 0 Å². The molecule has 3 nitrogen and oxygen atoms in total. The maximum absolute atomic E-state index is 12.7. The third kappa shape index (κ3) is 4.75. The van der Waals surface area contributed by atoms with E-state index >= 15 is 0 Å². The van der Waals surface area contributed by atoms with Gasteiger partial charge < -0.3 is 5.32 Å². The van der Waals surface area contributed by atoms with Gasteiger partial charge >= 0.3 is 0 Å². The smallest absolute Gasteiger partial charge is 0.154 e. The van der Waals surface area contributed by atoms with E-state index in [2.05, 4.69) is 33.0 Å². The number of nitrogens with one attached hydrogen (secondary N) is 1. The summed E-state index contributed by atoms with van der Waals surface area (Å²) in [6.45, 7) is 11.4. The molecular weight excluding hydrogens is 258 g/mol. The van der Waals surface area contributed by atoms with Crippen molar-refractivity contribution in [3.8, 4) is 0 Å². The molecule has 0 aromatic heterocycles. The lowest BCUT2D eigenvalue weighted by Gasteiger charge is -2.41. The molecule has 1 aliphatic rings. The molecule has 3 unspecified atom stereocenters. The van der Waals surface area contributed by atoms with Crippen molar-refractivity contribution in [1.29, 1.82) is 0 Å². The summed E-state index contributed by atoms with van der Waals surface area (Å²) in [7, 11) is -3.00. The Bertz CT molecular complexity index is 376. The standard InChI is InChI=1S/C15H31NO2S/c1-6-12(3)11-19(17,18)14-10-15(4,5)9-8-13(14)16-7-2/h12-14,16H,6-11H2,1-5H3. The van der Waals surface area contributed by atoms with E-state index in [1.54, 1.807) is 0 Å². The molecule has 1 rings (SSSR count). The zero-order valence-electron chi connectivity index (χ0n) is 13.2. The van der Waals surface area contributed by atoms with E-state index in [1.807, 2.05) is 6.92 Å². The van der Waals surface area contributed by atoms with Gasteiger partial charge in [-0.15, -0.1) is 0 Å². The molecule has 0 aromatic rings. The molecule has 0 aliphatic heterocycles. The van der Waals surface area contributed by atoms with Gasteiger partial charge in [0.25, 0.3) is 0 Å². The summed E-state index contributed by atoms with van der Waals surface area (Å²) in [6.07, 6.45) is 3.82. The fraction of sp³-hybridized carbons (Fsp3) is 1.00. The minimum Gasteiger partial charge on any atom is -0.313 e. The number of hydrogen-bond acceptors (Lipinski definition) is 3. The van der Waals surface area contributed by atoms with E-state index < -0.39 is 9.84 Å². The second-order valence-corrected chi connectivity index (χ2v) is 9.22. The molecule has 4 heteroatoms. The van der Waals surface area contributed by atoms with Gasteiger partial charge in [-0.3, -0.25) is 0 Å². The molecule has 1 saturated carbocycles. The van der Waals surface area contributed by atoms with Crippen LogP contribution in [-0.2, 0) is 9.84 Å². The van der Waals surface area contributed by atoms with Gasteiger partial charge in [0.1, 0.15) is 0 Å². The minimum atomic E-state index is -3.00. The summed E-state index contributed by atoms with van der Waals surface area (Å²) in [6, 6.07) is 0.145. The number of sulfone groups is 1. The second-order valence-electron chi connectivity index (χ2n) is 6.95. The van der Waals surface area contributed by atoms with Gasteiger partial charge in [0.2, 0.25) is 0 Å². The fourth-order valence-electron chi connectivity index (χ4n) is 3.03. The molecule has 0 saturated heterocycles. The van der Waals surface area contributed by atoms with Crippen molar-refractivity contribution >= 4 is 9.84 Å². The molecule has 1 N–H and O–H groups in total. The topological polar surface area (TPSA) is 46.2 Å². The van der Waals surface area contributed by atoms with Gasteiger partial charge in [-0.2, -0.15) is 0 Å². The van der Waals surface area contributed by atoms with Crippen molar-refractivity contribution in [3.63, 3.8) is 0 Å². The summed E-state index contributed by atoms with van der Waals surface area (Å²) in [5.41, 5.74) is 0.152. The Hall–Kier alpha value is -0.0900. The third-order valence-corrected chi connectivity index (χ3v) is 6.93. The lowest BCUT2D eigenvalue weighted by atomic mass is 9.75. The molecule has 1 fully saturated rings. The van der Waals surface area contributed by atoms with Crippen molar-refractivity contribution in [1.82, 2.24) is 5.32 Å². The highest BCUT2D eigenvalue weighted by molar-refractivity contribution is 7.92. The Balaban J connectivity index is 2.89. The molecular formula is C15H31NO2S. The first-order valence-electron chi connectivity index (χ1n) is 7.66. The summed E-state index contributed by atoms with van der Waals surface area (Å²) in [4.78, 5) is 0. The molecule has 114 valence electrons. The third-order valence-electron chi connectivity index (χ3n) is 4.48. The first-order chi connectivity index (χ1) is 8.72. The van der Waals surface area contributed by atoms with Crippen LogP contribution >= 0.6 is 0 Å². The highest BCUT2D eigenvalue weighted by Crippen LogP contribution is 2.38. The second kappa shape index (κ2) is 6.57. The van der Waals surface area contributed by atoms with Crippen LogP contribution in [0.5, 0.6) is 0 Å². The van der Waals surface area contributed by atoms with E-state index in [-0.39, 0.29) is 22.6 Å². The minimum absolute atomic E-state index is 0.145. The van der Waals surface area contributed by atoms with Crippen LogP contribution in [0.15, 0.2) is 0 Å². The molecule has 19 heavy (non-hydrogen) atoms. The van der Waals surface area contributed by atoms with E-state index in [0.29, 0.717) is 5.75 Å². The molecule has 0 amide bonds. The van der Waals surface area contributed by atoms with Crippen molar-refractivity contribution < 1.29 is 8.42 Å². The summed E-state index contributed by atoms with van der Waals surface area (Å²) < 4.78 is 25.4. The zero-order chi connectivity index (χ0) is 14.7. The fourth-order valence-corrected chi connectivity index (χ4v) is 5.75. The Morgan fingerprint density at radius 3 is 2.47 bits per heavy atom. The molecule has 0 radical (unpaired) electrons.